The lowest BCUT2D eigenvalue weighted by Gasteiger charge is -2.47. The number of hydrazone groups is 2. The van der Waals surface area contributed by atoms with Gasteiger partial charge in [0.2, 0.25) is 43.8 Å². The molecule has 2 amide bonds. The van der Waals surface area contributed by atoms with Crippen molar-refractivity contribution in [1.82, 2.24) is 48.8 Å². The third-order valence-electron chi connectivity index (χ3n) is 14.1. The van der Waals surface area contributed by atoms with Gasteiger partial charge in [-0.25, -0.2) is 52.1 Å². The van der Waals surface area contributed by atoms with Gasteiger partial charge in [0.1, 0.15) is 62.0 Å². The minimum Gasteiger partial charge on any atom is -0.309 e. The highest BCUT2D eigenvalue weighted by Gasteiger charge is 2.50. The Labute approximate surface area is 409 Å². The summed E-state index contributed by atoms with van der Waals surface area (Å²) in [6.45, 7) is 3.67. The molecular weight excluding hydrogens is 953 g/mol. The summed E-state index contributed by atoms with van der Waals surface area (Å²) in [5.41, 5.74) is -0.386. The first-order chi connectivity index (χ1) is 33.8. The maximum atomic E-state index is 15.2. The third-order valence-corrected chi connectivity index (χ3v) is 15.9. The molecule has 2 saturated carbocycles. The van der Waals surface area contributed by atoms with Crippen molar-refractivity contribution >= 4 is 101 Å². The fourth-order valence-corrected chi connectivity index (χ4v) is 11.4. The summed E-state index contributed by atoms with van der Waals surface area (Å²) in [6.07, 6.45) is 13.9. The van der Waals surface area contributed by atoms with E-state index in [9.17, 15) is 21.6 Å². The lowest BCUT2D eigenvalue weighted by atomic mass is 9.79. The molecule has 0 atom stereocenters. The molecule has 26 heteroatoms. The number of aromatic nitrogens is 8. The standard InChI is InChI=1S/C45H54N18O6S2/c1-6-61-36-22-30-24-51-43(54-39(30)63(36)45(19-11-8-12-20-45)41(56-61)57(3)28(2)64)60(34-16-14-32(26-49-34)71(47,68)69)27-37(65)58(4)40-44(17-9-7-10-18-44)62-35(59(5)55-40)21-29-23-50-42(53-38(29)62)52-33-15-13-31(25-48-33)70(46,66)67/h13-16,21-26H,6-12,17-20,27H2,1-5H3,(H2,46,66,67)(H2,47,68,69)(H,48,50,52,53). The summed E-state index contributed by atoms with van der Waals surface area (Å²) in [5.74, 6) is 2.92. The summed E-state index contributed by atoms with van der Waals surface area (Å²) >= 11 is 0. The number of carbonyl (C=O) groups is 2. The molecule has 0 saturated heterocycles. The lowest BCUT2D eigenvalue weighted by molar-refractivity contribution is -0.125. The quantitative estimate of drug-likeness (QED) is 0.184. The number of amides is 2. The first-order valence-corrected chi connectivity index (χ1v) is 26.4. The molecule has 5 N–H and O–H groups in total. The Morgan fingerprint density at radius 2 is 1.27 bits per heavy atom. The van der Waals surface area contributed by atoms with Crippen LogP contribution in [0, 0.1) is 0 Å². The van der Waals surface area contributed by atoms with Crippen molar-refractivity contribution in [2.75, 3.05) is 54.5 Å². The molecule has 8 heterocycles. The van der Waals surface area contributed by atoms with E-state index in [1.807, 2.05) is 24.1 Å². The fourth-order valence-electron chi connectivity index (χ4n) is 10.5. The molecule has 0 radical (unpaired) electrons. The second kappa shape index (κ2) is 17.6. The molecule has 10 rings (SSSR count). The number of sulfonamides is 2. The van der Waals surface area contributed by atoms with Crippen LogP contribution in [-0.2, 0) is 40.7 Å². The number of rotatable bonds is 9. The third kappa shape index (κ3) is 8.16. The summed E-state index contributed by atoms with van der Waals surface area (Å²) in [5, 5.41) is 29.1. The van der Waals surface area contributed by atoms with E-state index in [0.717, 1.165) is 86.2 Å². The van der Waals surface area contributed by atoms with Crippen LogP contribution in [0.5, 0.6) is 0 Å². The smallest absolute Gasteiger partial charge is 0.247 e. The zero-order valence-corrected chi connectivity index (χ0v) is 41.5. The molecule has 4 aliphatic rings. The molecule has 6 aromatic rings. The molecule has 372 valence electrons. The summed E-state index contributed by atoms with van der Waals surface area (Å²) in [4.78, 5) is 60.8. The van der Waals surface area contributed by atoms with Gasteiger partial charge in [-0.2, -0.15) is 20.2 Å². The SMILES string of the molecule is CCN1N=C(N(C)C(C)=O)C2(CCCCC2)n2c1cc1cnc(N(CC(=O)N(C)C3=NN(C)c4cc5cnc(Nc6ccc(S(N)(=O)=O)cn6)nc5n4C34CCCCC4)c3ccc(S(N)(=O)=O)cn3)nc12. The summed E-state index contributed by atoms with van der Waals surface area (Å²) < 4.78 is 52.8. The highest BCUT2D eigenvalue weighted by molar-refractivity contribution is 7.89. The van der Waals surface area contributed by atoms with Crippen LogP contribution in [0.2, 0.25) is 0 Å². The number of pyridine rings is 2. The van der Waals surface area contributed by atoms with Crippen molar-refractivity contribution in [2.24, 2.45) is 20.5 Å². The van der Waals surface area contributed by atoms with Gasteiger partial charge in [-0.15, -0.1) is 0 Å². The Hall–Kier alpha value is -7.16. The van der Waals surface area contributed by atoms with E-state index in [1.165, 1.54) is 31.2 Å². The molecule has 2 spiro atoms. The molecular formula is C45H54N18O6S2. The van der Waals surface area contributed by atoms with Gasteiger partial charge in [-0.3, -0.25) is 33.5 Å². The first kappa shape index (κ1) is 47.5. The minimum absolute atomic E-state index is 0.119. The van der Waals surface area contributed by atoms with Crippen LogP contribution in [0.3, 0.4) is 0 Å². The maximum Gasteiger partial charge on any atom is 0.247 e. The van der Waals surface area contributed by atoms with E-state index in [0.29, 0.717) is 48.2 Å². The van der Waals surface area contributed by atoms with Crippen LogP contribution < -0.4 is 30.5 Å². The number of nitrogens with zero attached hydrogens (tertiary/aromatic N) is 15. The van der Waals surface area contributed by atoms with Crippen molar-refractivity contribution < 1.29 is 26.4 Å². The second-order valence-corrected chi connectivity index (χ2v) is 21.6. The van der Waals surface area contributed by atoms with Gasteiger partial charge in [0.05, 0.1) is 0 Å². The van der Waals surface area contributed by atoms with E-state index in [4.69, 9.17) is 35.4 Å². The number of hydrogen-bond donors (Lipinski definition) is 3. The highest BCUT2D eigenvalue weighted by atomic mass is 32.2. The zero-order chi connectivity index (χ0) is 50.2. The molecule has 6 aromatic heterocycles. The maximum absolute atomic E-state index is 15.2. The van der Waals surface area contributed by atoms with Crippen LogP contribution in [0.25, 0.3) is 22.1 Å². The van der Waals surface area contributed by atoms with E-state index in [1.54, 1.807) is 53.2 Å². The number of amidine groups is 2. The number of fused-ring (bicyclic) bond motifs is 8. The van der Waals surface area contributed by atoms with E-state index in [-0.39, 0.29) is 40.0 Å². The summed E-state index contributed by atoms with van der Waals surface area (Å²) in [6, 6.07) is 9.54. The highest BCUT2D eigenvalue weighted by Crippen LogP contribution is 2.48. The molecule has 0 unspecified atom stereocenters. The molecule has 0 bridgehead atoms. The minimum atomic E-state index is -4.11. The number of likely N-dealkylation sites (N-methyl/N-ethyl adjacent to an activating group) is 2. The van der Waals surface area contributed by atoms with Gasteiger partial charge < -0.3 is 10.2 Å². The van der Waals surface area contributed by atoms with E-state index in [2.05, 4.69) is 29.4 Å². The number of nitrogens with one attached hydrogen (secondary N) is 1. The van der Waals surface area contributed by atoms with Crippen molar-refractivity contribution in [3.05, 3.63) is 61.2 Å². The van der Waals surface area contributed by atoms with Crippen molar-refractivity contribution in [2.45, 2.75) is 98.9 Å². The van der Waals surface area contributed by atoms with Gasteiger partial charge in [0.15, 0.2) is 11.7 Å². The number of hydrogen-bond acceptors (Lipinski definition) is 18. The lowest BCUT2D eigenvalue weighted by Crippen LogP contribution is -2.56. The molecule has 2 fully saturated rings. The largest absolute Gasteiger partial charge is 0.309 e. The van der Waals surface area contributed by atoms with Gasteiger partial charge in [-0.05, 0) is 69.0 Å². The van der Waals surface area contributed by atoms with Crippen molar-refractivity contribution in [3.63, 3.8) is 0 Å². The van der Waals surface area contributed by atoms with E-state index >= 15 is 4.79 Å². The predicted octanol–water partition coefficient (Wildman–Crippen LogP) is 4.01. The van der Waals surface area contributed by atoms with Crippen LogP contribution in [0.15, 0.2) is 81.2 Å². The van der Waals surface area contributed by atoms with Crippen LogP contribution >= 0.6 is 0 Å². The van der Waals surface area contributed by atoms with Crippen LogP contribution in [0.1, 0.15) is 78.1 Å². The van der Waals surface area contributed by atoms with Gasteiger partial charge in [0, 0.05) is 70.2 Å². The van der Waals surface area contributed by atoms with Gasteiger partial charge in [-0.1, -0.05) is 38.5 Å². The Balaban J connectivity index is 1.05. The average molecular weight is 1010 g/mol. The Kier molecular flexibility index (Phi) is 11.8. The Morgan fingerprint density at radius 1 is 0.704 bits per heavy atom. The number of carbonyl (C=O) groups excluding carboxylic acids is 2. The first-order valence-electron chi connectivity index (χ1n) is 23.3. The van der Waals surface area contributed by atoms with Crippen LogP contribution in [0.4, 0.5) is 35.2 Å². The van der Waals surface area contributed by atoms with Crippen molar-refractivity contribution in [3.8, 4) is 0 Å². The average Bonchev–Trinajstić information content (AvgIpc) is 3.95. The normalized spacial score (nSPS) is 17.5. The van der Waals surface area contributed by atoms with Crippen LogP contribution in [-0.4, -0.2) is 123 Å². The van der Waals surface area contributed by atoms with E-state index < -0.39 is 37.0 Å². The number of primary sulfonamides is 2. The molecule has 2 aliphatic heterocycles. The number of anilines is 6. The second-order valence-electron chi connectivity index (χ2n) is 18.4. The van der Waals surface area contributed by atoms with Gasteiger partial charge >= 0.3 is 0 Å². The molecule has 2 aliphatic carbocycles. The zero-order valence-electron chi connectivity index (χ0n) is 39.9. The Morgan fingerprint density at radius 3 is 1.83 bits per heavy atom. The molecule has 71 heavy (non-hydrogen) atoms. The Bertz CT molecular complexity index is 3400. The predicted molar refractivity (Wildman–Crippen MR) is 266 cm³/mol. The monoisotopic (exact) mass is 1010 g/mol. The van der Waals surface area contributed by atoms with Gasteiger partial charge in [0.25, 0.3) is 0 Å². The van der Waals surface area contributed by atoms with Crippen molar-refractivity contribution in [1.29, 1.82) is 0 Å². The summed E-state index contributed by atoms with van der Waals surface area (Å²) in [7, 11) is -2.83. The molecule has 0 aromatic carbocycles. The topological polar surface area (TPSA) is 295 Å². The molecule has 24 nitrogen and oxygen atoms in total. The fraction of sp³-hybridized carbons (Fsp3) is 0.422. The number of nitrogens with two attached hydrogens (primary N) is 2.